The minimum absolute atomic E-state index is 0.0701. The Morgan fingerprint density at radius 1 is 1.56 bits per heavy atom. The summed E-state index contributed by atoms with van der Waals surface area (Å²) in [6.07, 6.45) is 2.99. The maximum Gasteiger partial charge on any atom is 0.237 e. The molecule has 0 aromatic rings. The fourth-order valence-electron chi connectivity index (χ4n) is 2.43. The van der Waals surface area contributed by atoms with Gasteiger partial charge in [-0.15, -0.1) is 0 Å². The van der Waals surface area contributed by atoms with E-state index in [1.54, 1.807) is 7.11 Å². The fourth-order valence-corrected chi connectivity index (χ4v) is 2.43. The summed E-state index contributed by atoms with van der Waals surface area (Å²) in [5.74, 6) is 0.0876. The van der Waals surface area contributed by atoms with E-state index < -0.39 is 0 Å². The number of nitrogens with one attached hydrogen (secondary N) is 1. The van der Waals surface area contributed by atoms with Gasteiger partial charge in [0.2, 0.25) is 5.91 Å². The van der Waals surface area contributed by atoms with E-state index in [1.807, 2.05) is 6.92 Å². The minimum Gasteiger partial charge on any atom is -0.385 e. The molecule has 1 amide bonds. The number of likely N-dealkylation sites (tertiary alicyclic amines) is 1. The zero-order valence-electron chi connectivity index (χ0n) is 11.9. The van der Waals surface area contributed by atoms with Crippen LogP contribution < -0.4 is 11.1 Å². The Bertz CT molecular complexity index is 265. The van der Waals surface area contributed by atoms with Crippen molar-refractivity contribution in [3.8, 4) is 0 Å². The Hall–Kier alpha value is -0.650. The molecule has 0 saturated carbocycles. The average Bonchev–Trinajstić information content (AvgIpc) is 2.30. The molecule has 5 nitrogen and oxygen atoms in total. The average molecular weight is 257 g/mol. The largest absolute Gasteiger partial charge is 0.385 e. The highest BCUT2D eigenvalue weighted by atomic mass is 16.5. The lowest BCUT2D eigenvalue weighted by molar-refractivity contribution is -0.129. The van der Waals surface area contributed by atoms with Crippen LogP contribution in [0.15, 0.2) is 0 Å². The van der Waals surface area contributed by atoms with Gasteiger partial charge in [-0.3, -0.25) is 9.69 Å². The number of ether oxygens (including phenoxy) is 1. The third-order valence-electron chi connectivity index (χ3n) is 3.54. The number of nitrogens with two attached hydrogens (primary N) is 1. The summed E-state index contributed by atoms with van der Waals surface area (Å²) in [7, 11) is 1.67. The first-order chi connectivity index (χ1) is 8.52. The number of hydrogen-bond donors (Lipinski definition) is 2. The standard InChI is InChI=1S/C13H27N3O2/c1-4-6-13(14)9-16(10-13)11(2)12(17)15-7-5-8-18-3/h11H,4-10,14H2,1-3H3,(H,15,17). The summed E-state index contributed by atoms with van der Waals surface area (Å²) in [4.78, 5) is 14.0. The Morgan fingerprint density at radius 2 is 2.22 bits per heavy atom. The number of amides is 1. The molecule has 18 heavy (non-hydrogen) atoms. The minimum atomic E-state index is -0.0823. The number of carbonyl (C=O) groups excluding carboxylic acids is 1. The molecule has 0 aromatic carbocycles. The number of hydrogen-bond acceptors (Lipinski definition) is 4. The molecule has 3 N–H and O–H groups in total. The predicted octanol–water partition coefficient (Wildman–Crippen LogP) is 0.341. The topological polar surface area (TPSA) is 67.6 Å². The molecule has 5 heteroatoms. The Kier molecular flexibility index (Phi) is 6.05. The van der Waals surface area contributed by atoms with Crippen molar-refractivity contribution < 1.29 is 9.53 Å². The third-order valence-corrected chi connectivity index (χ3v) is 3.54. The Morgan fingerprint density at radius 3 is 2.78 bits per heavy atom. The van der Waals surface area contributed by atoms with Crippen molar-refractivity contribution in [2.45, 2.75) is 44.7 Å². The molecule has 0 aliphatic carbocycles. The van der Waals surface area contributed by atoms with Crippen LogP contribution in [0.3, 0.4) is 0 Å². The van der Waals surface area contributed by atoms with E-state index in [0.717, 1.165) is 32.4 Å². The molecule has 1 atom stereocenters. The lowest BCUT2D eigenvalue weighted by atomic mass is 9.85. The van der Waals surface area contributed by atoms with Gasteiger partial charge in [0.1, 0.15) is 0 Å². The van der Waals surface area contributed by atoms with Gasteiger partial charge >= 0.3 is 0 Å². The Labute approximate surface area is 110 Å². The number of nitrogens with zero attached hydrogens (tertiary/aromatic N) is 1. The molecule has 0 aromatic heterocycles. The van der Waals surface area contributed by atoms with Gasteiger partial charge in [0.25, 0.3) is 0 Å². The number of carbonyl (C=O) groups is 1. The zero-order valence-corrected chi connectivity index (χ0v) is 11.9. The van der Waals surface area contributed by atoms with Gasteiger partial charge in [0, 0.05) is 38.9 Å². The van der Waals surface area contributed by atoms with Gasteiger partial charge in [0.15, 0.2) is 0 Å². The molecule has 1 saturated heterocycles. The first kappa shape index (κ1) is 15.4. The second-order valence-electron chi connectivity index (χ2n) is 5.33. The van der Waals surface area contributed by atoms with Gasteiger partial charge in [-0.25, -0.2) is 0 Å². The van der Waals surface area contributed by atoms with E-state index in [1.165, 1.54) is 0 Å². The van der Waals surface area contributed by atoms with Crippen molar-refractivity contribution in [2.75, 3.05) is 33.4 Å². The van der Waals surface area contributed by atoms with E-state index in [4.69, 9.17) is 10.5 Å². The molecule has 0 radical (unpaired) electrons. The van der Waals surface area contributed by atoms with Crippen molar-refractivity contribution >= 4 is 5.91 Å². The lowest BCUT2D eigenvalue weighted by Crippen LogP contribution is -2.70. The van der Waals surface area contributed by atoms with Crippen LogP contribution in [0.2, 0.25) is 0 Å². The van der Waals surface area contributed by atoms with E-state index in [2.05, 4.69) is 17.1 Å². The zero-order chi connectivity index (χ0) is 13.6. The van der Waals surface area contributed by atoms with Crippen LogP contribution in [0.1, 0.15) is 33.1 Å². The second kappa shape index (κ2) is 7.07. The molecule has 1 aliphatic rings. The maximum absolute atomic E-state index is 11.9. The summed E-state index contributed by atoms with van der Waals surface area (Å²) in [5.41, 5.74) is 6.12. The van der Waals surface area contributed by atoms with Gasteiger partial charge in [0.05, 0.1) is 6.04 Å². The lowest BCUT2D eigenvalue weighted by Gasteiger charge is -2.50. The summed E-state index contributed by atoms with van der Waals surface area (Å²) in [6, 6.07) is -0.0823. The molecule has 0 spiro atoms. The third kappa shape index (κ3) is 4.23. The smallest absolute Gasteiger partial charge is 0.237 e. The molecule has 1 fully saturated rings. The summed E-state index contributed by atoms with van der Waals surface area (Å²) in [5, 5.41) is 2.92. The van der Waals surface area contributed by atoms with Gasteiger partial charge in [-0.2, -0.15) is 0 Å². The predicted molar refractivity (Wildman–Crippen MR) is 72.4 cm³/mol. The van der Waals surface area contributed by atoms with Crippen LogP contribution in [0.4, 0.5) is 0 Å². The van der Waals surface area contributed by atoms with E-state index in [-0.39, 0.29) is 17.5 Å². The van der Waals surface area contributed by atoms with Crippen LogP contribution in [-0.4, -0.2) is 55.7 Å². The number of methoxy groups -OCH3 is 1. The van der Waals surface area contributed by atoms with E-state index in [0.29, 0.717) is 13.2 Å². The molecular weight excluding hydrogens is 230 g/mol. The van der Waals surface area contributed by atoms with Crippen LogP contribution in [-0.2, 0) is 9.53 Å². The SMILES string of the molecule is CCCC1(N)CN(C(C)C(=O)NCCCOC)C1. The highest BCUT2D eigenvalue weighted by molar-refractivity contribution is 5.81. The van der Waals surface area contributed by atoms with Crippen molar-refractivity contribution in [1.82, 2.24) is 10.2 Å². The molecule has 0 bridgehead atoms. The first-order valence-electron chi connectivity index (χ1n) is 6.82. The van der Waals surface area contributed by atoms with Crippen LogP contribution >= 0.6 is 0 Å². The van der Waals surface area contributed by atoms with E-state index in [9.17, 15) is 4.79 Å². The van der Waals surface area contributed by atoms with Gasteiger partial charge < -0.3 is 15.8 Å². The molecule has 1 unspecified atom stereocenters. The van der Waals surface area contributed by atoms with Crippen LogP contribution in [0, 0.1) is 0 Å². The summed E-state index contributed by atoms with van der Waals surface area (Å²) in [6.45, 7) is 7.09. The quantitative estimate of drug-likeness (QED) is 0.615. The molecule has 1 aliphatic heterocycles. The monoisotopic (exact) mass is 257 g/mol. The second-order valence-corrected chi connectivity index (χ2v) is 5.33. The maximum atomic E-state index is 11.9. The summed E-state index contributed by atoms with van der Waals surface area (Å²) >= 11 is 0. The first-order valence-corrected chi connectivity index (χ1v) is 6.82. The highest BCUT2D eigenvalue weighted by Gasteiger charge is 2.42. The number of rotatable bonds is 8. The fraction of sp³-hybridized carbons (Fsp3) is 0.923. The van der Waals surface area contributed by atoms with Crippen molar-refractivity contribution in [3.05, 3.63) is 0 Å². The van der Waals surface area contributed by atoms with Crippen molar-refractivity contribution in [2.24, 2.45) is 5.73 Å². The normalized spacial score (nSPS) is 20.2. The molecular formula is C13H27N3O2. The van der Waals surface area contributed by atoms with Crippen molar-refractivity contribution in [3.63, 3.8) is 0 Å². The van der Waals surface area contributed by atoms with Crippen LogP contribution in [0.5, 0.6) is 0 Å². The highest BCUT2D eigenvalue weighted by Crippen LogP contribution is 2.25. The van der Waals surface area contributed by atoms with E-state index >= 15 is 0 Å². The molecule has 106 valence electrons. The molecule has 1 rings (SSSR count). The Balaban J connectivity index is 2.21. The van der Waals surface area contributed by atoms with Crippen molar-refractivity contribution in [1.29, 1.82) is 0 Å². The molecule has 1 heterocycles. The van der Waals surface area contributed by atoms with Gasteiger partial charge in [-0.05, 0) is 19.8 Å². The summed E-state index contributed by atoms with van der Waals surface area (Å²) < 4.78 is 4.94. The van der Waals surface area contributed by atoms with Crippen LogP contribution in [0.25, 0.3) is 0 Å². The van der Waals surface area contributed by atoms with Gasteiger partial charge in [-0.1, -0.05) is 13.3 Å².